The van der Waals surface area contributed by atoms with E-state index in [4.69, 9.17) is 30.8 Å². The predicted octanol–water partition coefficient (Wildman–Crippen LogP) is 5.21. The lowest BCUT2D eigenvalue weighted by Crippen LogP contribution is -2.34. The number of aliphatic hydroxyl groups is 1. The number of nitrogens with zero attached hydrogens (tertiary/aromatic N) is 1. The molecule has 1 aromatic carbocycles. The first-order chi connectivity index (χ1) is 16.6. The number of aliphatic hydroxyl groups excluding tert-OH is 1. The molecule has 34 heavy (non-hydrogen) atoms. The van der Waals surface area contributed by atoms with Gasteiger partial charge in [-0.05, 0) is 30.7 Å². The Labute approximate surface area is 209 Å². The third-order valence-electron chi connectivity index (χ3n) is 6.84. The van der Waals surface area contributed by atoms with Gasteiger partial charge in [-0.1, -0.05) is 49.7 Å². The molecule has 2 aliphatic heterocycles. The van der Waals surface area contributed by atoms with Gasteiger partial charge in [0.05, 0.1) is 35.0 Å². The van der Waals surface area contributed by atoms with Gasteiger partial charge in [-0.2, -0.15) is 11.8 Å². The molecule has 8 heteroatoms. The summed E-state index contributed by atoms with van der Waals surface area (Å²) in [6.45, 7) is 4.66. The molecule has 6 rings (SSSR count). The zero-order valence-corrected chi connectivity index (χ0v) is 21.3. The highest BCUT2D eigenvalue weighted by Crippen LogP contribution is 2.50. The largest absolute Gasteiger partial charge is 0.470 e. The molecular formula is C26H31ClN2O4S. The van der Waals surface area contributed by atoms with Crippen molar-refractivity contribution < 1.29 is 19.3 Å². The highest BCUT2D eigenvalue weighted by atomic mass is 35.5. The zero-order valence-electron chi connectivity index (χ0n) is 19.7. The van der Waals surface area contributed by atoms with Crippen LogP contribution in [0.1, 0.15) is 32.3 Å². The van der Waals surface area contributed by atoms with Gasteiger partial charge < -0.3 is 24.3 Å². The van der Waals surface area contributed by atoms with Crippen molar-refractivity contribution in [2.75, 3.05) is 25.2 Å². The lowest BCUT2D eigenvalue weighted by atomic mass is 9.96. The Balaban J connectivity index is 0.00000117. The SMILES string of the molecule is CC.CSCC1(c2ccc(-c3nc4cc(O[C@@H]5COC6[C@H](O)CO[C@@H]65)[nH]c4cc3Cl)cc2)CC1. The van der Waals surface area contributed by atoms with E-state index in [1.807, 2.05) is 37.7 Å². The average Bonchev–Trinajstić information content (AvgIpc) is 3.17. The van der Waals surface area contributed by atoms with E-state index < -0.39 is 6.10 Å². The lowest BCUT2D eigenvalue weighted by Gasteiger charge is -2.16. The van der Waals surface area contributed by atoms with E-state index in [9.17, 15) is 5.11 Å². The number of pyridine rings is 1. The molecule has 0 amide bonds. The number of fused-ring (bicyclic) bond motifs is 2. The summed E-state index contributed by atoms with van der Waals surface area (Å²) in [5.74, 6) is 1.75. The van der Waals surface area contributed by atoms with Crippen molar-refractivity contribution in [2.24, 2.45) is 0 Å². The van der Waals surface area contributed by atoms with Crippen LogP contribution in [0.15, 0.2) is 36.4 Å². The molecule has 0 radical (unpaired) electrons. The van der Waals surface area contributed by atoms with Crippen LogP contribution in [0.2, 0.25) is 5.02 Å². The van der Waals surface area contributed by atoms with E-state index in [1.54, 1.807) is 0 Å². The Morgan fingerprint density at radius 2 is 1.88 bits per heavy atom. The Kier molecular flexibility index (Phi) is 6.84. The molecule has 4 heterocycles. The lowest BCUT2D eigenvalue weighted by molar-refractivity contribution is 0.00794. The van der Waals surface area contributed by atoms with E-state index >= 15 is 0 Å². The number of benzene rings is 1. The molecule has 0 spiro atoms. The van der Waals surface area contributed by atoms with Gasteiger partial charge in [0, 0.05) is 22.8 Å². The third kappa shape index (κ3) is 4.33. The van der Waals surface area contributed by atoms with Crippen molar-refractivity contribution in [1.29, 1.82) is 0 Å². The number of hydrogen-bond donors (Lipinski definition) is 2. The zero-order chi connectivity index (χ0) is 23.9. The minimum atomic E-state index is -0.596. The van der Waals surface area contributed by atoms with Crippen LogP contribution in [-0.2, 0) is 14.9 Å². The highest BCUT2D eigenvalue weighted by molar-refractivity contribution is 7.98. The van der Waals surface area contributed by atoms with Gasteiger partial charge in [0.15, 0.2) is 12.0 Å². The molecule has 2 N–H and O–H groups in total. The van der Waals surface area contributed by atoms with Crippen molar-refractivity contribution in [3.8, 4) is 17.1 Å². The molecule has 1 saturated carbocycles. The maximum Gasteiger partial charge on any atom is 0.193 e. The number of nitrogens with one attached hydrogen (secondary N) is 1. The topological polar surface area (TPSA) is 76.6 Å². The molecule has 6 nitrogen and oxygen atoms in total. The standard InChI is InChI=1S/C24H25ClN2O4S.C2H6/c1-32-12-24(6-7-24)14-4-2-13(3-5-14)21-15(25)8-16-17(27-21)9-20(26-16)31-19-11-30-22-18(28)10-29-23(19)22;1-2/h2-5,8-9,18-19,22-23,26,28H,6-7,10-12H2,1H3;1-2H3/t18-,19-,22?,23-;/m1./s1. The molecule has 0 bridgehead atoms. The van der Waals surface area contributed by atoms with E-state index in [0.717, 1.165) is 22.3 Å². The summed E-state index contributed by atoms with van der Waals surface area (Å²) < 4.78 is 17.4. The van der Waals surface area contributed by atoms with Gasteiger partial charge in [0.25, 0.3) is 0 Å². The van der Waals surface area contributed by atoms with Gasteiger partial charge >= 0.3 is 0 Å². The van der Waals surface area contributed by atoms with Crippen LogP contribution in [0.4, 0.5) is 0 Å². The molecule has 1 aliphatic carbocycles. The van der Waals surface area contributed by atoms with E-state index in [2.05, 4.69) is 35.5 Å². The smallest absolute Gasteiger partial charge is 0.193 e. The molecule has 3 aliphatic rings. The summed E-state index contributed by atoms with van der Waals surface area (Å²) >= 11 is 8.52. The summed E-state index contributed by atoms with van der Waals surface area (Å²) in [5, 5.41) is 10.5. The Hall–Kier alpha value is -1.77. The second kappa shape index (κ2) is 9.70. The first kappa shape index (κ1) is 23.9. The minimum absolute atomic E-state index is 0.261. The number of aromatic amines is 1. The second-order valence-electron chi connectivity index (χ2n) is 9.00. The van der Waals surface area contributed by atoms with E-state index in [-0.39, 0.29) is 24.9 Å². The normalized spacial score (nSPS) is 26.7. The summed E-state index contributed by atoms with van der Waals surface area (Å²) in [4.78, 5) is 8.05. The quantitative estimate of drug-likeness (QED) is 0.482. The molecule has 182 valence electrons. The van der Waals surface area contributed by atoms with Crippen LogP contribution in [0, 0.1) is 0 Å². The number of H-pyrrole nitrogens is 1. The first-order valence-corrected chi connectivity index (χ1v) is 13.7. The second-order valence-corrected chi connectivity index (χ2v) is 10.3. The molecule has 1 unspecified atom stereocenters. The molecule has 4 atom stereocenters. The van der Waals surface area contributed by atoms with Gasteiger partial charge in [0.1, 0.15) is 18.3 Å². The number of halogens is 1. The Morgan fingerprint density at radius 1 is 1.15 bits per heavy atom. The van der Waals surface area contributed by atoms with Crippen LogP contribution >= 0.6 is 23.4 Å². The fourth-order valence-corrected chi connectivity index (χ4v) is 6.17. The monoisotopic (exact) mass is 502 g/mol. The molecule has 3 aromatic rings. The summed E-state index contributed by atoms with van der Waals surface area (Å²) in [6.07, 6.45) is 3.25. The maximum absolute atomic E-state index is 9.92. The van der Waals surface area contributed by atoms with Gasteiger partial charge in [-0.25, -0.2) is 4.98 Å². The minimum Gasteiger partial charge on any atom is -0.470 e. The van der Waals surface area contributed by atoms with E-state index in [0.29, 0.717) is 22.9 Å². The van der Waals surface area contributed by atoms with Crippen molar-refractivity contribution in [1.82, 2.24) is 9.97 Å². The van der Waals surface area contributed by atoms with Crippen LogP contribution in [-0.4, -0.2) is 64.7 Å². The fourth-order valence-electron chi connectivity index (χ4n) is 4.91. The van der Waals surface area contributed by atoms with Crippen molar-refractivity contribution in [3.63, 3.8) is 0 Å². The number of rotatable bonds is 6. The van der Waals surface area contributed by atoms with Crippen molar-refractivity contribution in [2.45, 2.75) is 56.5 Å². The Morgan fingerprint density at radius 3 is 2.59 bits per heavy atom. The van der Waals surface area contributed by atoms with Crippen LogP contribution < -0.4 is 4.74 Å². The maximum atomic E-state index is 9.92. The van der Waals surface area contributed by atoms with Crippen molar-refractivity contribution in [3.05, 3.63) is 47.0 Å². The average molecular weight is 503 g/mol. The third-order valence-corrected chi connectivity index (χ3v) is 7.97. The summed E-state index contributed by atoms with van der Waals surface area (Å²) in [6, 6.07) is 12.5. The molecule has 2 aromatic heterocycles. The first-order valence-electron chi connectivity index (χ1n) is 11.9. The number of ether oxygens (including phenoxy) is 3. The number of thioether (sulfide) groups is 1. The van der Waals surface area contributed by atoms with Gasteiger partial charge in [-0.3, -0.25) is 0 Å². The van der Waals surface area contributed by atoms with Crippen LogP contribution in [0.25, 0.3) is 22.3 Å². The molecular weight excluding hydrogens is 472 g/mol. The van der Waals surface area contributed by atoms with Crippen molar-refractivity contribution >= 4 is 34.4 Å². The summed E-state index contributed by atoms with van der Waals surface area (Å²) in [5.41, 5.74) is 5.12. The van der Waals surface area contributed by atoms with Crippen LogP contribution in [0.3, 0.4) is 0 Å². The van der Waals surface area contributed by atoms with Crippen LogP contribution in [0.5, 0.6) is 5.88 Å². The molecule has 2 saturated heterocycles. The van der Waals surface area contributed by atoms with Gasteiger partial charge in [0.2, 0.25) is 0 Å². The molecule has 3 fully saturated rings. The predicted molar refractivity (Wildman–Crippen MR) is 137 cm³/mol. The number of hydrogen-bond acceptors (Lipinski definition) is 6. The van der Waals surface area contributed by atoms with E-state index in [1.165, 1.54) is 24.2 Å². The fraction of sp³-hybridized carbons (Fsp3) is 0.500. The Bertz CT molecular complexity index is 1150. The number of aromatic nitrogens is 2. The highest BCUT2D eigenvalue weighted by Gasteiger charge is 2.48. The van der Waals surface area contributed by atoms with Gasteiger partial charge in [-0.15, -0.1) is 0 Å². The summed E-state index contributed by atoms with van der Waals surface area (Å²) in [7, 11) is 0.